The molecule has 2 aromatic rings. The first kappa shape index (κ1) is 22.0. The van der Waals surface area contributed by atoms with Crippen LogP contribution in [0, 0.1) is 0 Å². The molecule has 28 heavy (non-hydrogen) atoms. The average molecular weight is 508 g/mol. The summed E-state index contributed by atoms with van der Waals surface area (Å²) in [5.74, 6) is -0.362. The van der Waals surface area contributed by atoms with E-state index in [0.717, 1.165) is 20.1 Å². The van der Waals surface area contributed by atoms with Crippen LogP contribution < -0.4 is 10.9 Å². The Labute approximate surface area is 180 Å². The van der Waals surface area contributed by atoms with Gasteiger partial charge in [0.15, 0.2) is 0 Å². The summed E-state index contributed by atoms with van der Waals surface area (Å²) < 4.78 is 1.89. The van der Waals surface area contributed by atoms with Crippen LogP contribution >= 0.6 is 31.9 Å². The number of carbonyl (C=O) groups excluding carboxylic acids is 2. The van der Waals surface area contributed by atoms with E-state index < -0.39 is 0 Å². The van der Waals surface area contributed by atoms with Gasteiger partial charge in [0.25, 0.3) is 0 Å². The number of halogens is 2. The number of hydrogen-bond acceptors (Lipinski definition) is 4. The van der Waals surface area contributed by atoms with Crippen LogP contribution in [0.25, 0.3) is 0 Å². The summed E-state index contributed by atoms with van der Waals surface area (Å²) >= 11 is 6.75. The number of nitrogens with one attached hydrogen (secondary N) is 2. The van der Waals surface area contributed by atoms with Gasteiger partial charge in [0, 0.05) is 21.8 Å². The van der Waals surface area contributed by atoms with Gasteiger partial charge in [-0.25, -0.2) is 10.9 Å². The number of hydrazone groups is 2. The first-order valence-electron chi connectivity index (χ1n) is 8.68. The van der Waals surface area contributed by atoms with Gasteiger partial charge < -0.3 is 0 Å². The Morgan fingerprint density at radius 2 is 1.21 bits per heavy atom. The highest BCUT2D eigenvalue weighted by molar-refractivity contribution is 9.10. The minimum absolute atomic E-state index is 0.181. The summed E-state index contributed by atoms with van der Waals surface area (Å²) in [5, 5.41) is 7.85. The largest absolute Gasteiger partial charge is 0.273 e. The molecule has 0 aliphatic rings. The summed E-state index contributed by atoms with van der Waals surface area (Å²) in [6.45, 7) is 0. The van der Waals surface area contributed by atoms with Crippen molar-refractivity contribution in [2.75, 3.05) is 0 Å². The lowest BCUT2D eigenvalue weighted by atomic mass is 10.2. The number of amides is 2. The van der Waals surface area contributed by atoms with Crippen LogP contribution in [0.4, 0.5) is 0 Å². The molecule has 0 aliphatic heterocycles. The zero-order valence-electron chi connectivity index (χ0n) is 15.1. The minimum Gasteiger partial charge on any atom is -0.273 e. The zero-order valence-corrected chi connectivity index (χ0v) is 18.2. The van der Waals surface area contributed by atoms with Gasteiger partial charge >= 0.3 is 0 Å². The van der Waals surface area contributed by atoms with Gasteiger partial charge in [-0.2, -0.15) is 10.2 Å². The molecule has 0 unspecified atom stereocenters. The van der Waals surface area contributed by atoms with Crippen molar-refractivity contribution >= 4 is 56.1 Å². The molecular formula is C20H20Br2N4O2. The van der Waals surface area contributed by atoms with Gasteiger partial charge in [0.1, 0.15) is 0 Å². The molecule has 0 saturated carbocycles. The molecule has 0 radical (unpaired) electrons. The van der Waals surface area contributed by atoms with Crippen LogP contribution in [-0.2, 0) is 9.59 Å². The molecule has 146 valence electrons. The highest BCUT2D eigenvalue weighted by atomic mass is 79.9. The van der Waals surface area contributed by atoms with Crippen LogP contribution in [0.3, 0.4) is 0 Å². The predicted molar refractivity (Wildman–Crippen MR) is 118 cm³/mol. The molecular weight excluding hydrogens is 488 g/mol. The summed E-state index contributed by atoms with van der Waals surface area (Å²) in [5.41, 5.74) is 6.73. The average Bonchev–Trinajstić information content (AvgIpc) is 2.65. The van der Waals surface area contributed by atoms with Crippen LogP contribution in [0.15, 0.2) is 67.7 Å². The maximum atomic E-state index is 11.7. The summed E-state index contributed by atoms with van der Waals surface area (Å²) in [4.78, 5) is 23.5. The highest BCUT2D eigenvalue weighted by Gasteiger charge is 2.03. The van der Waals surface area contributed by atoms with Crippen LogP contribution in [0.1, 0.15) is 36.8 Å². The fraction of sp³-hybridized carbons (Fsp3) is 0.200. The lowest BCUT2D eigenvalue weighted by molar-refractivity contribution is -0.123. The van der Waals surface area contributed by atoms with Crippen molar-refractivity contribution in [1.82, 2.24) is 10.9 Å². The lowest BCUT2D eigenvalue weighted by Gasteiger charge is -2.01. The van der Waals surface area contributed by atoms with Crippen LogP contribution in [0.5, 0.6) is 0 Å². The second-order valence-electron chi connectivity index (χ2n) is 5.90. The smallest absolute Gasteiger partial charge is 0.240 e. The van der Waals surface area contributed by atoms with E-state index in [1.807, 2.05) is 48.5 Å². The van der Waals surface area contributed by atoms with E-state index in [0.29, 0.717) is 25.7 Å². The van der Waals surface area contributed by atoms with Gasteiger partial charge in [0.05, 0.1) is 12.4 Å². The number of benzene rings is 2. The summed E-state index contributed by atoms with van der Waals surface area (Å²) in [6.07, 6.45) is 4.98. The Bertz CT molecular complexity index is 797. The second-order valence-corrected chi connectivity index (χ2v) is 7.73. The Morgan fingerprint density at radius 3 is 1.61 bits per heavy atom. The molecule has 2 rings (SSSR count). The lowest BCUT2D eigenvalue weighted by Crippen LogP contribution is -2.19. The standard InChI is InChI=1S/C20H20Br2N4O2/c21-17-7-3-5-15(11-17)13-23-25-19(27)9-1-2-10-20(28)26-24-14-16-6-4-8-18(22)12-16/h3-8,11-14H,1-2,9-10H2,(H,25,27)(H,26,28)/b23-13-,24-14-. The molecule has 0 aromatic heterocycles. The molecule has 0 saturated heterocycles. The Hall–Kier alpha value is -2.32. The molecule has 0 atom stereocenters. The van der Waals surface area contributed by atoms with Crippen molar-refractivity contribution < 1.29 is 9.59 Å². The molecule has 2 N–H and O–H groups in total. The van der Waals surface area contributed by atoms with Gasteiger partial charge in [-0.05, 0) is 48.2 Å². The zero-order chi connectivity index (χ0) is 20.2. The fourth-order valence-electron chi connectivity index (χ4n) is 2.21. The van der Waals surface area contributed by atoms with Crippen molar-refractivity contribution in [2.24, 2.45) is 10.2 Å². The predicted octanol–water partition coefficient (Wildman–Crippen LogP) is 4.37. The number of carbonyl (C=O) groups is 2. The van der Waals surface area contributed by atoms with Crippen molar-refractivity contribution in [3.05, 3.63) is 68.6 Å². The number of rotatable bonds is 9. The third kappa shape index (κ3) is 9.05. The Morgan fingerprint density at radius 1 is 0.786 bits per heavy atom. The van der Waals surface area contributed by atoms with Crippen molar-refractivity contribution in [3.63, 3.8) is 0 Å². The monoisotopic (exact) mass is 506 g/mol. The molecule has 0 spiro atoms. The quantitative estimate of drug-likeness (QED) is 0.300. The Balaban J connectivity index is 1.58. The maximum absolute atomic E-state index is 11.7. The molecule has 0 bridgehead atoms. The number of hydrogen-bond donors (Lipinski definition) is 2. The van der Waals surface area contributed by atoms with E-state index in [1.54, 1.807) is 12.4 Å². The molecule has 0 fully saturated rings. The van der Waals surface area contributed by atoms with Crippen molar-refractivity contribution in [1.29, 1.82) is 0 Å². The first-order valence-corrected chi connectivity index (χ1v) is 10.3. The topological polar surface area (TPSA) is 82.9 Å². The van der Waals surface area contributed by atoms with E-state index in [1.165, 1.54) is 0 Å². The normalized spacial score (nSPS) is 11.1. The summed E-state index contributed by atoms with van der Waals surface area (Å²) in [6, 6.07) is 15.2. The molecule has 8 heteroatoms. The number of nitrogens with zero attached hydrogens (tertiary/aromatic N) is 2. The molecule has 2 amide bonds. The van der Waals surface area contributed by atoms with E-state index in [-0.39, 0.29) is 11.8 Å². The van der Waals surface area contributed by atoms with Gasteiger partial charge in [-0.15, -0.1) is 0 Å². The number of unbranched alkanes of at least 4 members (excludes halogenated alkanes) is 1. The minimum atomic E-state index is -0.181. The Kier molecular flexibility index (Phi) is 9.57. The third-order valence-corrected chi connectivity index (χ3v) is 4.55. The summed E-state index contributed by atoms with van der Waals surface area (Å²) in [7, 11) is 0. The molecule has 0 aliphatic carbocycles. The van der Waals surface area contributed by atoms with Crippen LogP contribution in [-0.4, -0.2) is 24.2 Å². The SMILES string of the molecule is O=C(CCCCC(=O)N/N=C\c1cccc(Br)c1)N/N=C\c1cccc(Br)c1. The second kappa shape index (κ2) is 12.2. The van der Waals surface area contributed by atoms with Crippen molar-refractivity contribution in [2.45, 2.75) is 25.7 Å². The van der Waals surface area contributed by atoms with Crippen molar-refractivity contribution in [3.8, 4) is 0 Å². The third-order valence-electron chi connectivity index (χ3n) is 3.56. The van der Waals surface area contributed by atoms with Crippen LogP contribution in [0.2, 0.25) is 0 Å². The highest BCUT2D eigenvalue weighted by Crippen LogP contribution is 2.10. The van der Waals surface area contributed by atoms with E-state index in [4.69, 9.17) is 0 Å². The van der Waals surface area contributed by atoms with Gasteiger partial charge in [-0.1, -0.05) is 56.1 Å². The molecule has 0 heterocycles. The van der Waals surface area contributed by atoms with E-state index >= 15 is 0 Å². The fourth-order valence-corrected chi connectivity index (χ4v) is 3.05. The van der Waals surface area contributed by atoms with E-state index in [9.17, 15) is 9.59 Å². The van der Waals surface area contributed by atoms with Gasteiger partial charge in [-0.3, -0.25) is 9.59 Å². The maximum Gasteiger partial charge on any atom is 0.240 e. The van der Waals surface area contributed by atoms with Gasteiger partial charge in [0.2, 0.25) is 11.8 Å². The molecule has 6 nitrogen and oxygen atoms in total. The molecule has 2 aromatic carbocycles. The van der Waals surface area contributed by atoms with E-state index in [2.05, 4.69) is 52.9 Å². The first-order chi connectivity index (χ1) is 13.5.